The zero-order chi connectivity index (χ0) is 11.3. The van der Waals surface area contributed by atoms with Gasteiger partial charge in [-0.1, -0.05) is 0 Å². The molecular formula is C13H23N3. The van der Waals surface area contributed by atoms with E-state index in [1.165, 1.54) is 32.1 Å². The summed E-state index contributed by atoms with van der Waals surface area (Å²) in [5, 5.41) is 0. The molecule has 0 saturated heterocycles. The highest BCUT2D eigenvalue weighted by molar-refractivity contribution is 5.78. The lowest BCUT2D eigenvalue weighted by atomic mass is 9.54. The van der Waals surface area contributed by atoms with E-state index in [4.69, 9.17) is 5.73 Å². The van der Waals surface area contributed by atoms with Crippen LogP contribution in [0.2, 0.25) is 0 Å². The zero-order valence-electron chi connectivity index (χ0n) is 10.4. The smallest absolute Gasteiger partial charge is 0.190 e. The fourth-order valence-electron chi connectivity index (χ4n) is 4.84. The first-order valence-electron chi connectivity index (χ1n) is 6.64. The SMILES string of the molecule is CN=C(N)N(C)C1C2CC3CC(C2)CC1C3. The topological polar surface area (TPSA) is 41.6 Å². The predicted molar refractivity (Wildman–Crippen MR) is 66.1 cm³/mol. The summed E-state index contributed by atoms with van der Waals surface area (Å²) in [5.74, 6) is 4.57. The molecule has 4 saturated carbocycles. The predicted octanol–water partition coefficient (Wildman–Crippen LogP) is 1.69. The molecule has 0 spiro atoms. The fourth-order valence-corrected chi connectivity index (χ4v) is 4.84. The molecule has 2 N–H and O–H groups in total. The van der Waals surface area contributed by atoms with Crippen molar-refractivity contribution in [3.63, 3.8) is 0 Å². The molecule has 0 unspecified atom stereocenters. The Morgan fingerprint density at radius 3 is 2.00 bits per heavy atom. The van der Waals surface area contributed by atoms with E-state index in [0.717, 1.165) is 29.6 Å². The lowest BCUT2D eigenvalue weighted by Crippen LogP contribution is -2.57. The highest BCUT2D eigenvalue weighted by atomic mass is 15.3. The van der Waals surface area contributed by atoms with Gasteiger partial charge in [0.15, 0.2) is 5.96 Å². The highest BCUT2D eigenvalue weighted by Gasteiger charge is 2.49. The van der Waals surface area contributed by atoms with E-state index < -0.39 is 0 Å². The van der Waals surface area contributed by atoms with Crippen LogP contribution in [0.1, 0.15) is 32.1 Å². The first-order chi connectivity index (χ1) is 7.69. The van der Waals surface area contributed by atoms with Crippen LogP contribution in [0.4, 0.5) is 0 Å². The summed E-state index contributed by atoms with van der Waals surface area (Å²) in [5.41, 5.74) is 5.97. The van der Waals surface area contributed by atoms with E-state index in [2.05, 4.69) is 16.9 Å². The maximum Gasteiger partial charge on any atom is 0.190 e. The summed E-state index contributed by atoms with van der Waals surface area (Å²) in [7, 11) is 3.93. The van der Waals surface area contributed by atoms with Gasteiger partial charge in [-0.25, -0.2) is 0 Å². The summed E-state index contributed by atoms with van der Waals surface area (Å²) in [6.07, 6.45) is 7.29. The van der Waals surface area contributed by atoms with E-state index in [1.54, 1.807) is 7.05 Å². The fraction of sp³-hybridized carbons (Fsp3) is 0.923. The minimum atomic E-state index is 0.677. The Kier molecular flexibility index (Phi) is 2.37. The van der Waals surface area contributed by atoms with Crippen LogP contribution in [0.3, 0.4) is 0 Å². The van der Waals surface area contributed by atoms with Crippen LogP contribution in [0.5, 0.6) is 0 Å². The molecule has 0 aromatic heterocycles. The van der Waals surface area contributed by atoms with Crippen LogP contribution in [0.25, 0.3) is 0 Å². The molecule has 4 aliphatic carbocycles. The van der Waals surface area contributed by atoms with Gasteiger partial charge >= 0.3 is 0 Å². The third-order valence-electron chi connectivity index (χ3n) is 5.21. The maximum atomic E-state index is 5.97. The molecule has 3 nitrogen and oxygen atoms in total. The number of aliphatic imine (C=N–C) groups is 1. The minimum absolute atomic E-state index is 0.677. The van der Waals surface area contributed by atoms with Crippen molar-refractivity contribution in [3.8, 4) is 0 Å². The number of rotatable bonds is 1. The third-order valence-corrected chi connectivity index (χ3v) is 5.21. The Bertz CT molecular complexity index is 282. The van der Waals surface area contributed by atoms with Crippen molar-refractivity contribution >= 4 is 5.96 Å². The molecule has 4 aliphatic rings. The van der Waals surface area contributed by atoms with E-state index in [1.807, 2.05) is 0 Å². The number of nitrogens with zero attached hydrogens (tertiary/aromatic N) is 2. The molecule has 4 rings (SSSR count). The van der Waals surface area contributed by atoms with Gasteiger partial charge in [-0.2, -0.15) is 0 Å². The van der Waals surface area contributed by atoms with Gasteiger partial charge in [0.25, 0.3) is 0 Å². The van der Waals surface area contributed by atoms with Crippen LogP contribution in [0, 0.1) is 23.7 Å². The second-order valence-corrected chi connectivity index (χ2v) is 6.11. The zero-order valence-corrected chi connectivity index (χ0v) is 10.4. The van der Waals surface area contributed by atoms with Gasteiger partial charge in [-0.05, 0) is 55.8 Å². The lowest BCUT2D eigenvalue weighted by molar-refractivity contribution is -0.0390. The van der Waals surface area contributed by atoms with Crippen LogP contribution in [-0.2, 0) is 0 Å². The lowest BCUT2D eigenvalue weighted by Gasteiger charge is -2.56. The van der Waals surface area contributed by atoms with Crippen molar-refractivity contribution in [1.82, 2.24) is 4.90 Å². The van der Waals surface area contributed by atoms with Crippen molar-refractivity contribution in [1.29, 1.82) is 0 Å². The summed E-state index contributed by atoms with van der Waals surface area (Å²) in [6, 6.07) is 0.677. The quantitative estimate of drug-likeness (QED) is 0.541. The Morgan fingerprint density at radius 2 is 1.56 bits per heavy atom. The third kappa shape index (κ3) is 1.44. The molecule has 0 aromatic rings. The Morgan fingerprint density at radius 1 is 1.06 bits per heavy atom. The van der Waals surface area contributed by atoms with E-state index >= 15 is 0 Å². The van der Waals surface area contributed by atoms with Crippen LogP contribution in [0.15, 0.2) is 4.99 Å². The van der Waals surface area contributed by atoms with Gasteiger partial charge in [0.05, 0.1) is 0 Å². The molecule has 90 valence electrons. The van der Waals surface area contributed by atoms with E-state index in [0.29, 0.717) is 6.04 Å². The van der Waals surface area contributed by atoms with E-state index in [-0.39, 0.29) is 0 Å². The molecule has 0 amide bonds. The van der Waals surface area contributed by atoms with Gasteiger partial charge in [-0.15, -0.1) is 0 Å². The van der Waals surface area contributed by atoms with Gasteiger partial charge in [0, 0.05) is 20.1 Å². The number of hydrogen-bond donors (Lipinski definition) is 1. The maximum absolute atomic E-state index is 5.97. The second-order valence-electron chi connectivity index (χ2n) is 6.11. The standard InChI is InChI=1S/C13H23N3/c1-15-13(14)16(2)12-10-4-8-3-9(6-10)7-11(12)5-8/h8-12H,3-7H2,1-2H3,(H2,14,15). The van der Waals surface area contributed by atoms with Gasteiger partial charge < -0.3 is 10.6 Å². The number of hydrogen-bond acceptors (Lipinski definition) is 1. The van der Waals surface area contributed by atoms with Crippen molar-refractivity contribution in [2.24, 2.45) is 34.4 Å². The average molecular weight is 221 g/mol. The molecule has 0 radical (unpaired) electrons. The van der Waals surface area contributed by atoms with Gasteiger partial charge in [-0.3, -0.25) is 4.99 Å². The molecule has 4 fully saturated rings. The summed E-state index contributed by atoms with van der Waals surface area (Å²) >= 11 is 0. The van der Waals surface area contributed by atoms with E-state index in [9.17, 15) is 0 Å². The Hall–Kier alpha value is -0.730. The Balaban J connectivity index is 1.81. The highest BCUT2D eigenvalue weighted by Crippen LogP contribution is 2.54. The molecular weight excluding hydrogens is 198 g/mol. The van der Waals surface area contributed by atoms with Crippen LogP contribution in [-0.4, -0.2) is 31.0 Å². The Labute approximate surface area is 98.1 Å². The second kappa shape index (κ2) is 3.64. The van der Waals surface area contributed by atoms with Crippen LogP contribution >= 0.6 is 0 Å². The summed E-state index contributed by atoms with van der Waals surface area (Å²) in [4.78, 5) is 6.40. The molecule has 0 atom stereocenters. The van der Waals surface area contributed by atoms with Crippen molar-refractivity contribution in [2.75, 3.05) is 14.1 Å². The molecule has 0 aliphatic heterocycles. The molecule has 3 heteroatoms. The number of nitrogens with two attached hydrogens (primary N) is 1. The molecule has 0 heterocycles. The van der Waals surface area contributed by atoms with Crippen molar-refractivity contribution < 1.29 is 0 Å². The average Bonchev–Trinajstić information content (AvgIpc) is 2.26. The molecule has 4 bridgehead atoms. The first kappa shape index (κ1) is 10.4. The minimum Gasteiger partial charge on any atom is -0.370 e. The monoisotopic (exact) mass is 221 g/mol. The first-order valence-corrected chi connectivity index (χ1v) is 6.64. The van der Waals surface area contributed by atoms with Gasteiger partial charge in [0.1, 0.15) is 0 Å². The van der Waals surface area contributed by atoms with Crippen molar-refractivity contribution in [3.05, 3.63) is 0 Å². The molecule has 16 heavy (non-hydrogen) atoms. The van der Waals surface area contributed by atoms with Gasteiger partial charge in [0.2, 0.25) is 0 Å². The number of guanidine groups is 1. The summed E-state index contributed by atoms with van der Waals surface area (Å²) < 4.78 is 0. The largest absolute Gasteiger partial charge is 0.370 e. The normalized spacial score (nSPS) is 46.1. The van der Waals surface area contributed by atoms with Crippen molar-refractivity contribution in [2.45, 2.75) is 38.1 Å². The molecule has 0 aromatic carbocycles. The summed E-state index contributed by atoms with van der Waals surface area (Å²) in [6.45, 7) is 0. The van der Waals surface area contributed by atoms with Crippen LogP contribution < -0.4 is 5.73 Å².